The first-order valence-corrected chi connectivity index (χ1v) is 10.7. The SMILES string of the molecule is CCc1cnc(-c2cc3c(N4CCN(C(=O)OC5COC5)CC4)ccnc3[nH]2)s1. The van der Waals surface area contributed by atoms with Crippen LogP contribution in [0.1, 0.15) is 11.8 Å². The molecule has 152 valence electrons. The first-order chi connectivity index (χ1) is 14.2. The normalized spacial score (nSPS) is 17.6. The molecule has 2 aliphatic heterocycles. The van der Waals surface area contributed by atoms with Crippen LogP contribution in [0.25, 0.3) is 21.7 Å². The highest BCUT2D eigenvalue weighted by molar-refractivity contribution is 7.15. The number of rotatable bonds is 4. The van der Waals surface area contributed by atoms with E-state index in [0.29, 0.717) is 26.3 Å². The lowest BCUT2D eigenvalue weighted by Gasteiger charge is -2.37. The molecule has 5 rings (SSSR count). The maximum absolute atomic E-state index is 12.3. The van der Waals surface area contributed by atoms with Gasteiger partial charge in [0, 0.05) is 54.5 Å². The van der Waals surface area contributed by atoms with Crippen LogP contribution in [-0.2, 0) is 15.9 Å². The van der Waals surface area contributed by atoms with E-state index >= 15 is 0 Å². The Morgan fingerprint density at radius 2 is 2.14 bits per heavy atom. The van der Waals surface area contributed by atoms with Crippen LogP contribution in [0.2, 0.25) is 0 Å². The molecule has 9 heteroatoms. The van der Waals surface area contributed by atoms with Crippen molar-refractivity contribution in [2.75, 3.05) is 44.3 Å². The van der Waals surface area contributed by atoms with Gasteiger partial charge in [-0.05, 0) is 18.6 Å². The van der Waals surface area contributed by atoms with E-state index in [4.69, 9.17) is 9.47 Å². The van der Waals surface area contributed by atoms with Crippen molar-refractivity contribution in [1.82, 2.24) is 19.9 Å². The Hall–Kier alpha value is -2.65. The van der Waals surface area contributed by atoms with Gasteiger partial charge in [-0.1, -0.05) is 6.92 Å². The number of pyridine rings is 1. The van der Waals surface area contributed by atoms with Gasteiger partial charge in [0.05, 0.1) is 18.9 Å². The molecule has 1 amide bonds. The maximum atomic E-state index is 12.3. The molecule has 0 radical (unpaired) electrons. The second kappa shape index (κ2) is 7.64. The van der Waals surface area contributed by atoms with Crippen molar-refractivity contribution in [1.29, 1.82) is 0 Å². The topological polar surface area (TPSA) is 83.6 Å². The summed E-state index contributed by atoms with van der Waals surface area (Å²) in [5.41, 5.74) is 2.98. The number of anilines is 1. The Labute approximate surface area is 172 Å². The summed E-state index contributed by atoms with van der Waals surface area (Å²) in [5, 5.41) is 2.07. The van der Waals surface area contributed by atoms with E-state index < -0.39 is 0 Å². The number of hydrogen-bond donors (Lipinski definition) is 1. The molecule has 0 aliphatic carbocycles. The summed E-state index contributed by atoms with van der Waals surface area (Å²) in [6, 6.07) is 4.17. The third-order valence-corrected chi connectivity index (χ3v) is 6.57. The summed E-state index contributed by atoms with van der Waals surface area (Å²) in [5.74, 6) is 0. The van der Waals surface area contributed by atoms with Gasteiger partial charge in [0.2, 0.25) is 0 Å². The van der Waals surface area contributed by atoms with Gasteiger partial charge in [-0.15, -0.1) is 11.3 Å². The smallest absolute Gasteiger partial charge is 0.410 e. The molecule has 1 N–H and O–H groups in total. The van der Waals surface area contributed by atoms with Gasteiger partial charge in [-0.3, -0.25) is 0 Å². The third kappa shape index (κ3) is 3.56. The van der Waals surface area contributed by atoms with E-state index in [9.17, 15) is 4.79 Å². The second-order valence-corrected chi connectivity index (χ2v) is 8.39. The summed E-state index contributed by atoms with van der Waals surface area (Å²) in [4.78, 5) is 30.0. The Morgan fingerprint density at radius 1 is 1.31 bits per heavy atom. The molecule has 2 fully saturated rings. The summed E-state index contributed by atoms with van der Waals surface area (Å²) < 4.78 is 10.5. The molecule has 2 aliphatic rings. The fourth-order valence-electron chi connectivity index (χ4n) is 3.63. The Bertz CT molecular complexity index is 1020. The van der Waals surface area contributed by atoms with E-state index in [1.807, 2.05) is 18.5 Å². The molecule has 0 aromatic carbocycles. The number of hydrogen-bond acceptors (Lipinski definition) is 7. The van der Waals surface area contributed by atoms with E-state index in [1.165, 1.54) is 4.88 Å². The zero-order valence-corrected chi connectivity index (χ0v) is 17.1. The van der Waals surface area contributed by atoms with Crippen LogP contribution in [0.3, 0.4) is 0 Å². The number of thiazole rings is 1. The van der Waals surface area contributed by atoms with Crippen molar-refractivity contribution >= 4 is 34.2 Å². The van der Waals surface area contributed by atoms with Crippen LogP contribution in [0.5, 0.6) is 0 Å². The Morgan fingerprint density at radius 3 is 2.83 bits per heavy atom. The fraction of sp³-hybridized carbons (Fsp3) is 0.450. The van der Waals surface area contributed by atoms with Crippen LogP contribution in [0.15, 0.2) is 24.5 Å². The van der Waals surface area contributed by atoms with Crippen molar-refractivity contribution in [3.05, 3.63) is 29.4 Å². The molecule has 8 nitrogen and oxygen atoms in total. The summed E-state index contributed by atoms with van der Waals surface area (Å²) in [6.07, 6.45) is 4.43. The minimum Gasteiger partial charge on any atom is -0.441 e. The standard InChI is InChI=1S/C20H23N5O3S/c1-2-14-10-22-19(29-14)16-9-15-17(3-4-21-18(15)23-16)24-5-7-25(8-6-24)20(26)28-13-11-27-12-13/h3-4,9-10,13H,2,5-8,11-12H2,1H3,(H,21,23). The largest absolute Gasteiger partial charge is 0.441 e. The lowest BCUT2D eigenvalue weighted by molar-refractivity contribution is -0.104. The van der Waals surface area contributed by atoms with E-state index in [-0.39, 0.29) is 12.2 Å². The van der Waals surface area contributed by atoms with Crippen LogP contribution in [0.4, 0.5) is 10.5 Å². The van der Waals surface area contributed by atoms with Crippen molar-refractivity contribution in [3.8, 4) is 10.7 Å². The monoisotopic (exact) mass is 413 g/mol. The molecule has 0 saturated carbocycles. The molecule has 0 unspecified atom stereocenters. The number of amides is 1. The molecule has 3 aromatic heterocycles. The number of ether oxygens (including phenoxy) is 2. The molecule has 0 spiro atoms. The number of aryl methyl sites for hydroxylation is 1. The minimum atomic E-state index is -0.239. The van der Waals surface area contributed by atoms with Gasteiger partial charge in [-0.25, -0.2) is 14.8 Å². The van der Waals surface area contributed by atoms with Crippen LogP contribution >= 0.6 is 11.3 Å². The molecule has 5 heterocycles. The van der Waals surface area contributed by atoms with Gasteiger partial charge in [0.15, 0.2) is 6.10 Å². The Balaban J connectivity index is 1.32. The molecule has 29 heavy (non-hydrogen) atoms. The molecule has 0 bridgehead atoms. The molecule has 0 atom stereocenters. The fourth-order valence-corrected chi connectivity index (χ4v) is 4.45. The van der Waals surface area contributed by atoms with Crippen molar-refractivity contribution < 1.29 is 14.3 Å². The highest BCUT2D eigenvalue weighted by atomic mass is 32.1. The highest BCUT2D eigenvalue weighted by Gasteiger charge is 2.28. The van der Waals surface area contributed by atoms with Crippen LogP contribution in [-0.4, -0.2) is 71.4 Å². The quantitative estimate of drug-likeness (QED) is 0.708. The van der Waals surface area contributed by atoms with Gasteiger partial charge in [0.25, 0.3) is 0 Å². The van der Waals surface area contributed by atoms with E-state index in [0.717, 1.165) is 46.9 Å². The van der Waals surface area contributed by atoms with Gasteiger partial charge in [-0.2, -0.15) is 0 Å². The number of aromatic amines is 1. The number of H-pyrrole nitrogens is 1. The minimum absolute atomic E-state index is 0.0854. The number of piperazine rings is 1. The summed E-state index contributed by atoms with van der Waals surface area (Å²) in [7, 11) is 0. The van der Waals surface area contributed by atoms with E-state index in [2.05, 4.69) is 32.8 Å². The maximum Gasteiger partial charge on any atom is 0.410 e. The first-order valence-electron chi connectivity index (χ1n) is 9.92. The number of nitrogens with zero attached hydrogens (tertiary/aromatic N) is 4. The predicted octanol–water partition coefficient (Wildman–Crippen LogP) is 2.91. The van der Waals surface area contributed by atoms with E-state index in [1.54, 1.807) is 16.2 Å². The van der Waals surface area contributed by atoms with Crippen LogP contribution < -0.4 is 4.90 Å². The van der Waals surface area contributed by atoms with Crippen molar-refractivity contribution in [2.24, 2.45) is 0 Å². The van der Waals surface area contributed by atoms with Gasteiger partial charge >= 0.3 is 6.09 Å². The predicted molar refractivity (Wildman–Crippen MR) is 111 cm³/mol. The average molecular weight is 414 g/mol. The van der Waals surface area contributed by atoms with Crippen LogP contribution in [0, 0.1) is 0 Å². The highest BCUT2D eigenvalue weighted by Crippen LogP contribution is 2.32. The molecular formula is C20H23N5O3S. The van der Waals surface area contributed by atoms with Gasteiger partial charge < -0.3 is 24.3 Å². The lowest BCUT2D eigenvalue weighted by Crippen LogP contribution is -2.51. The zero-order valence-electron chi connectivity index (χ0n) is 16.3. The molecule has 3 aromatic rings. The molecule has 2 saturated heterocycles. The van der Waals surface area contributed by atoms with Gasteiger partial charge in [0.1, 0.15) is 10.7 Å². The number of carbonyl (C=O) groups excluding carboxylic acids is 1. The second-order valence-electron chi connectivity index (χ2n) is 7.28. The summed E-state index contributed by atoms with van der Waals surface area (Å²) >= 11 is 1.71. The molecular weight excluding hydrogens is 390 g/mol. The van der Waals surface area contributed by atoms with Crippen molar-refractivity contribution in [2.45, 2.75) is 19.4 Å². The number of aromatic nitrogens is 3. The average Bonchev–Trinajstić information content (AvgIpc) is 3.37. The summed E-state index contributed by atoms with van der Waals surface area (Å²) in [6.45, 7) is 5.95. The zero-order chi connectivity index (χ0) is 19.8. The number of fused-ring (bicyclic) bond motifs is 1. The third-order valence-electron chi connectivity index (χ3n) is 5.39. The first kappa shape index (κ1) is 18.4. The number of nitrogens with one attached hydrogen (secondary N) is 1. The Kier molecular flexibility index (Phi) is 4.84. The lowest BCUT2D eigenvalue weighted by atomic mass is 10.2. The van der Waals surface area contributed by atoms with Crippen molar-refractivity contribution in [3.63, 3.8) is 0 Å². The number of carbonyl (C=O) groups is 1.